The van der Waals surface area contributed by atoms with Gasteiger partial charge in [-0.05, 0) is 39.0 Å². The topological polar surface area (TPSA) is 78.0 Å². The van der Waals surface area contributed by atoms with Crippen LogP contribution in [0.15, 0.2) is 53.3 Å². The van der Waals surface area contributed by atoms with Crippen LogP contribution in [0.25, 0.3) is 33.7 Å². The maximum absolute atomic E-state index is 6.03. The summed E-state index contributed by atoms with van der Waals surface area (Å²) in [6.07, 6.45) is 5.67. The molecule has 150 valence electrons. The van der Waals surface area contributed by atoms with Gasteiger partial charge in [0.15, 0.2) is 5.58 Å². The van der Waals surface area contributed by atoms with Crippen LogP contribution in [0, 0.1) is 0 Å². The van der Waals surface area contributed by atoms with Gasteiger partial charge in [-0.15, -0.1) is 0 Å². The zero-order chi connectivity index (χ0) is 20.4. The summed E-state index contributed by atoms with van der Waals surface area (Å²) in [5.41, 5.74) is 4.17. The van der Waals surface area contributed by atoms with Crippen molar-refractivity contribution in [1.82, 2.24) is 19.7 Å². The van der Waals surface area contributed by atoms with E-state index in [1.807, 2.05) is 53.6 Å². The third-order valence-corrected chi connectivity index (χ3v) is 4.40. The number of nitrogens with zero attached hydrogens (tertiary/aromatic N) is 4. The Labute approximate surface area is 169 Å². The van der Waals surface area contributed by atoms with Crippen LogP contribution in [0.4, 0.5) is 5.82 Å². The van der Waals surface area contributed by atoms with Crippen LogP contribution in [-0.2, 0) is 11.3 Å². The minimum absolute atomic E-state index is 0.152. The molecule has 3 heterocycles. The van der Waals surface area contributed by atoms with Crippen LogP contribution in [0.2, 0.25) is 0 Å². The lowest BCUT2D eigenvalue weighted by Gasteiger charge is -2.22. The average Bonchev–Trinajstić information content (AvgIpc) is 3.32. The lowest BCUT2D eigenvalue weighted by atomic mass is 10.1. The van der Waals surface area contributed by atoms with Crippen molar-refractivity contribution in [3.63, 3.8) is 0 Å². The maximum atomic E-state index is 6.03. The van der Waals surface area contributed by atoms with Crippen LogP contribution in [0.1, 0.15) is 20.8 Å². The molecule has 4 rings (SSSR count). The van der Waals surface area contributed by atoms with Gasteiger partial charge in [-0.2, -0.15) is 5.10 Å². The Morgan fingerprint density at radius 3 is 2.72 bits per heavy atom. The summed E-state index contributed by atoms with van der Waals surface area (Å²) in [6, 6.07) is 9.79. The van der Waals surface area contributed by atoms with E-state index in [1.54, 1.807) is 7.11 Å². The van der Waals surface area contributed by atoms with Crippen molar-refractivity contribution >= 4 is 16.9 Å². The lowest BCUT2D eigenvalue weighted by Crippen LogP contribution is -2.27. The quantitative estimate of drug-likeness (QED) is 0.517. The number of rotatable bonds is 6. The maximum Gasteiger partial charge on any atom is 0.231 e. The Morgan fingerprint density at radius 1 is 1.14 bits per heavy atom. The van der Waals surface area contributed by atoms with E-state index in [0.29, 0.717) is 19.0 Å². The molecule has 0 saturated carbocycles. The molecule has 0 spiro atoms. The molecule has 1 N–H and O–H groups in total. The molecule has 3 aromatic heterocycles. The van der Waals surface area contributed by atoms with E-state index in [4.69, 9.17) is 9.15 Å². The Morgan fingerprint density at radius 2 is 1.97 bits per heavy atom. The smallest absolute Gasteiger partial charge is 0.231 e. The first-order chi connectivity index (χ1) is 13.9. The van der Waals surface area contributed by atoms with E-state index in [1.165, 1.54) is 0 Å². The number of pyridine rings is 1. The summed E-state index contributed by atoms with van der Waals surface area (Å²) >= 11 is 0. The third kappa shape index (κ3) is 4.30. The Bertz CT molecular complexity index is 1090. The molecule has 29 heavy (non-hydrogen) atoms. The Kier molecular flexibility index (Phi) is 5.07. The summed E-state index contributed by atoms with van der Waals surface area (Å²) in [6.45, 7) is 7.60. The van der Waals surface area contributed by atoms with Gasteiger partial charge in [0.25, 0.3) is 0 Å². The second-order valence-corrected chi connectivity index (χ2v) is 7.97. The van der Waals surface area contributed by atoms with Gasteiger partial charge in [0.1, 0.15) is 11.3 Å². The summed E-state index contributed by atoms with van der Waals surface area (Å²) in [7, 11) is 1.68. The van der Waals surface area contributed by atoms with Gasteiger partial charge in [0.2, 0.25) is 5.89 Å². The van der Waals surface area contributed by atoms with Gasteiger partial charge in [0.05, 0.1) is 24.9 Å². The number of nitrogens with one attached hydrogen (secondary N) is 1. The minimum atomic E-state index is -0.152. The number of aromatic nitrogens is 4. The molecule has 0 radical (unpaired) electrons. The molecule has 7 heteroatoms. The highest BCUT2D eigenvalue weighted by molar-refractivity contribution is 5.81. The van der Waals surface area contributed by atoms with Crippen molar-refractivity contribution in [3.8, 4) is 22.6 Å². The molecule has 0 unspecified atom stereocenters. The van der Waals surface area contributed by atoms with Crippen LogP contribution in [-0.4, -0.2) is 39.0 Å². The molecule has 0 aliphatic heterocycles. The number of oxazole rings is 1. The first-order valence-corrected chi connectivity index (χ1v) is 9.59. The molecule has 0 bridgehead atoms. The molecular formula is C22H25N5O2. The van der Waals surface area contributed by atoms with Crippen molar-refractivity contribution in [2.24, 2.45) is 0 Å². The van der Waals surface area contributed by atoms with Crippen LogP contribution in [0.3, 0.4) is 0 Å². The molecule has 0 aliphatic rings. The third-order valence-electron chi connectivity index (χ3n) is 4.40. The first kappa shape index (κ1) is 19.1. The molecule has 0 atom stereocenters. The molecular weight excluding hydrogens is 366 g/mol. The van der Waals surface area contributed by atoms with Crippen molar-refractivity contribution in [2.75, 3.05) is 19.0 Å². The van der Waals surface area contributed by atoms with E-state index in [2.05, 4.69) is 41.2 Å². The number of benzene rings is 1. The first-order valence-electron chi connectivity index (χ1n) is 9.59. The standard InChI is InChI=1S/C22H25N5O2/c1-22(2,3)26-20-17(21-25-18-7-5-6-8-19(18)29-21)11-15(12-23-20)16-13-24-27(14-16)9-10-28-4/h5-8,11-14H,9-10H2,1-4H3,(H,23,26). The summed E-state index contributed by atoms with van der Waals surface area (Å²) in [5.74, 6) is 1.28. The molecule has 0 aliphatic carbocycles. The zero-order valence-electron chi connectivity index (χ0n) is 17.1. The fraction of sp³-hybridized carbons (Fsp3) is 0.318. The number of ether oxygens (including phenoxy) is 1. The number of para-hydroxylation sites is 2. The molecule has 0 saturated heterocycles. The summed E-state index contributed by atoms with van der Waals surface area (Å²) < 4.78 is 13.0. The highest BCUT2D eigenvalue weighted by Crippen LogP contribution is 2.33. The van der Waals surface area contributed by atoms with Gasteiger partial charge in [0, 0.05) is 36.2 Å². The van der Waals surface area contributed by atoms with E-state index in [0.717, 1.165) is 33.6 Å². The number of anilines is 1. The predicted molar refractivity (Wildman–Crippen MR) is 114 cm³/mol. The van der Waals surface area contributed by atoms with E-state index >= 15 is 0 Å². The fourth-order valence-corrected chi connectivity index (χ4v) is 3.05. The van der Waals surface area contributed by atoms with Crippen molar-refractivity contribution in [2.45, 2.75) is 32.9 Å². The molecule has 1 aromatic carbocycles. The van der Waals surface area contributed by atoms with Gasteiger partial charge in [-0.1, -0.05) is 12.1 Å². The highest BCUT2D eigenvalue weighted by atomic mass is 16.5. The largest absolute Gasteiger partial charge is 0.436 e. The van der Waals surface area contributed by atoms with Crippen molar-refractivity contribution < 1.29 is 9.15 Å². The minimum Gasteiger partial charge on any atom is -0.436 e. The van der Waals surface area contributed by atoms with E-state index < -0.39 is 0 Å². The van der Waals surface area contributed by atoms with Crippen molar-refractivity contribution in [3.05, 3.63) is 48.9 Å². The number of methoxy groups -OCH3 is 1. The van der Waals surface area contributed by atoms with Gasteiger partial charge in [-0.3, -0.25) is 4.68 Å². The highest BCUT2D eigenvalue weighted by Gasteiger charge is 2.19. The summed E-state index contributed by atoms with van der Waals surface area (Å²) in [5, 5.41) is 7.86. The predicted octanol–water partition coefficient (Wildman–Crippen LogP) is 4.61. The zero-order valence-corrected chi connectivity index (χ0v) is 17.1. The van der Waals surface area contributed by atoms with E-state index in [-0.39, 0.29) is 5.54 Å². The lowest BCUT2D eigenvalue weighted by molar-refractivity contribution is 0.183. The molecule has 7 nitrogen and oxygen atoms in total. The summed E-state index contributed by atoms with van der Waals surface area (Å²) in [4.78, 5) is 9.36. The Balaban J connectivity index is 1.77. The normalized spacial score (nSPS) is 11.9. The van der Waals surface area contributed by atoms with Crippen LogP contribution in [0.5, 0.6) is 0 Å². The number of hydrogen-bond acceptors (Lipinski definition) is 6. The van der Waals surface area contributed by atoms with Gasteiger partial charge < -0.3 is 14.5 Å². The Hall–Kier alpha value is -3.19. The number of hydrogen-bond donors (Lipinski definition) is 1. The number of fused-ring (bicyclic) bond motifs is 1. The molecule has 0 fully saturated rings. The fourth-order valence-electron chi connectivity index (χ4n) is 3.05. The van der Waals surface area contributed by atoms with Crippen LogP contribution >= 0.6 is 0 Å². The average molecular weight is 391 g/mol. The van der Waals surface area contributed by atoms with E-state index in [9.17, 15) is 0 Å². The van der Waals surface area contributed by atoms with Crippen molar-refractivity contribution in [1.29, 1.82) is 0 Å². The SMILES string of the molecule is COCCn1cc(-c2cnc(NC(C)(C)C)c(-c3nc4ccccc4o3)c2)cn1. The van der Waals surface area contributed by atoms with Gasteiger partial charge in [-0.25, -0.2) is 9.97 Å². The van der Waals surface area contributed by atoms with Crippen LogP contribution < -0.4 is 5.32 Å². The molecule has 0 amide bonds. The second-order valence-electron chi connectivity index (χ2n) is 7.97. The molecule has 4 aromatic rings. The van der Waals surface area contributed by atoms with Gasteiger partial charge >= 0.3 is 0 Å². The second kappa shape index (κ2) is 7.67. The monoisotopic (exact) mass is 391 g/mol.